The van der Waals surface area contributed by atoms with E-state index in [1.54, 1.807) is 17.5 Å². The Bertz CT molecular complexity index is 706. The lowest BCUT2D eigenvalue weighted by atomic mass is 10.0. The van der Waals surface area contributed by atoms with Gasteiger partial charge in [0.05, 0.1) is 24.0 Å². The maximum atomic E-state index is 4.41. The van der Waals surface area contributed by atoms with Gasteiger partial charge in [-0.1, -0.05) is 6.92 Å². The molecule has 0 fully saturated rings. The summed E-state index contributed by atoms with van der Waals surface area (Å²) in [6, 6.07) is 0.136. The van der Waals surface area contributed by atoms with Gasteiger partial charge in [-0.25, -0.2) is 4.52 Å². The van der Waals surface area contributed by atoms with Crippen molar-refractivity contribution in [1.29, 1.82) is 0 Å². The third-order valence-corrected chi connectivity index (χ3v) is 4.97. The lowest BCUT2D eigenvalue weighted by molar-refractivity contribution is 0.601. The van der Waals surface area contributed by atoms with Crippen LogP contribution in [0.15, 0.2) is 40.0 Å². The molecule has 0 spiro atoms. The fraction of sp³-hybridized carbons (Fsp3) is 0.286. The summed E-state index contributed by atoms with van der Waals surface area (Å²) in [6.45, 7) is 3.13. The first-order chi connectivity index (χ1) is 9.81. The molecule has 20 heavy (non-hydrogen) atoms. The molecular weight excluding hydrogens is 336 g/mol. The summed E-state index contributed by atoms with van der Waals surface area (Å²) in [7, 11) is 0. The van der Waals surface area contributed by atoms with Crippen LogP contribution in [-0.4, -0.2) is 21.1 Å². The third-order valence-electron chi connectivity index (χ3n) is 3.22. The summed E-state index contributed by atoms with van der Waals surface area (Å²) in [5.41, 5.74) is 3.45. The summed E-state index contributed by atoms with van der Waals surface area (Å²) in [5.74, 6) is 0. The van der Waals surface area contributed by atoms with Crippen molar-refractivity contribution in [3.05, 3.63) is 51.1 Å². The molecule has 3 aromatic rings. The minimum absolute atomic E-state index is 0.136. The van der Waals surface area contributed by atoms with E-state index in [1.807, 2.05) is 23.1 Å². The van der Waals surface area contributed by atoms with Crippen molar-refractivity contribution in [1.82, 2.24) is 19.9 Å². The molecule has 3 aromatic heterocycles. The Hall–Kier alpha value is -1.24. The molecule has 0 amide bonds. The van der Waals surface area contributed by atoms with Crippen LogP contribution < -0.4 is 5.32 Å². The Kier molecular flexibility index (Phi) is 4.14. The zero-order chi connectivity index (χ0) is 13.9. The number of hydrogen-bond acceptors (Lipinski definition) is 4. The molecule has 104 valence electrons. The number of nitrogens with one attached hydrogen (secondary N) is 1. The summed E-state index contributed by atoms with van der Waals surface area (Å²) >= 11 is 5.34. The van der Waals surface area contributed by atoms with Gasteiger partial charge in [0.2, 0.25) is 0 Å². The van der Waals surface area contributed by atoms with E-state index in [0.717, 1.165) is 28.5 Å². The van der Waals surface area contributed by atoms with E-state index in [2.05, 4.69) is 49.0 Å². The first kappa shape index (κ1) is 13.7. The summed E-state index contributed by atoms with van der Waals surface area (Å²) in [6.07, 6.45) is 8.50. The van der Waals surface area contributed by atoms with Crippen molar-refractivity contribution in [2.45, 2.75) is 19.4 Å². The first-order valence-corrected chi connectivity index (χ1v) is 8.27. The van der Waals surface area contributed by atoms with Gasteiger partial charge < -0.3 is 5.32 Å². The smallest absolute Gasteiger partial charge is 0.0896 e. The quantitative estimate of drug-likeness (QED) is 0.763. The Morgan fingerprint density at radius 3 is 3.00 bits per heavy atom. The minimum Gasteiger partial charge on any atom is -0.306 e. The second-order valence-electron chi connectivity index (χ2n) is 4.57. The predicted octanol–water partition coefficient (Wildman–Crippen LogP) is 3.64. The van der Waals surface area contributed by atoms with Gasteiger partial charge in [-0.05, 0) is 39.8 Å². The molecule has 0 aromatic carbocycles. The number of halogens is 1. The summed E-state index contributed by atoms with van der Waals surface area (Å²) in [5, 5.41) is 12.3. The number of thiophene rings is 1. The van der Waals surface area contributed by atoms with Gasteiger partial charge in [0, 0.05) is 27.8 Å². The van der Waals surface area contributed by atoms with Crippen molar-refractivity contribution in [3.8, 4) is 0 Å². The lowest BCUT2D eigenvalue weighted by Gasteiger charge is -2.17. The van der Waals surface area contributed by atoms with Crippen LogP contribution in [0.3, 0.4) is 0 Å². The highest BCUT2D eigenvalue weighted by Gasteiger charge is 2.20. The standard InChI is InChI=1S/C14H15BrN4S/c1-2-3-17-14(11-8-20-9-12(11)15)10-6-18-19-5-4-16-7-13(10)19/h4-9,14,17H,2-3H2,1H3. The van der Waals surface area contributed by atoms with E-state index in [1.165, 1.54) is 5.56 Å². The highest BCUT2D eigenvalue weighted by molar-refractivity contribution is 9.10. The minimum atomic E-state index is 0.136. The average molecular weight is 351 g/mol. The highest BCUT2D eigenvalue weighted by atomic mass is 79.9. The highest BCUT2D eigenvalue weighted by Crippen LogP contribution is 2.33. The van der Waals surface area contributed by atoms with Crippen molar-refractivity contribution in [2.75, 3.05) is 6.54 Å². The topological polar surface area (TPSA) is 42.2 Å². The molecule has 4 nitrogen and oxygen atoms in total. The van der Waals surface area contributed by atoms with Crippen LogP contribution in [0.1, 0.15) is 30.5 Å². The molecule has 0 saturated carbocycles. The SMILES string of the molecule is CCCNC(c1cscc1Br)c1cnn2ccncc12. The van der Waals surface area contributed by atoms with Crippen LogP contribution in [0.4, 0.5) is 0 Å². The molecule has 0 aliphatic carbocycles. The number of aromatic nitrogens is 3. The van der Waals surface area contributed by atoms with Crippen LogP contribution in [0.5, 0.6) is 0 Å². The lowest BCUT2D eigenvalue weighted by Crippen LogP contribution is -2.23. The Labute approximate surface area is 130 Å². The Balaban J connectivity index is 2.07. The normalized spacial score (nSPS) is 12.9. The first-order valence-electron chi connectivity index (χ1n) is 6.53. The molecule has 3 heterocycles. The molecule has 1 unspecified atom stereocenters. The van der Waals surface area contributed by atoms with Gasteiger partial charge in [-0.3, -0.25) is 4.98 Å². The van der Waals surface area contributed by atoms with E-state index in [0.29, 0.717) is 0 Å². The number of fused-ring (bicyclic) bond motifs is 1. The third kappa shape index (κ3) is 2.51. The molecular formula is C14H15BrN4S. The molecule has 0 bridgehead atoms. The number of hydrogen-bond donors (Lipinski definition) is 1. The molecule has 1 atom stereocenters. The van der Waals surface area contributed by atoms with Crippen molar-refractivity contribution in [3.63, 3.8) is 0 Å². The molecule has 0 aliphatic heterocycles. The number of rotatable bonds is 5. The van der Waals surface area contributed by atoms with E-state index < -0.39 is 0 Å². The zero-order valence-corrected chi connectivity index (χ0v) is 13.5. The van der Waals surface area contributed by atoms with Crippen molar-refractivity contribution >= 4 is 32.8 Å². The van der Waals surface area contributed by atoms with Crippen LogP contribution >= 0.6 is 27.3 Å². The van der Waals surface area contributed by atoms with E-state index >= 15 is 0 Å². The summed E-state index contributed by atoms with van der Waals surface area (Å²) < 4.78 is 3.00. The maximum Gasteiger partial charge on any atom is 0.0896 e. The zero-order valence-electron chi connectivity index (χ0n) is 11.1. The van der Waals surface area contributed by atoms with Gasteiger partial charge in [-0.15, -0.1) is 0 Å². The monoisotopic (exact) mass is 350 g/mol. The average Bonchev–Trinajstić information content (AvgIpc) is 3.07. The predicted molar refractivity (Wildman–Crippen MR) is 85.1 cm³/mol. The van der Waals surface area contributed by atoms with Crippen molar-refractivity contribution in [2.24, 2.45) is 0 Å². The second-order valence-corrected chi connectivity index (χ2v) is 6.17. The fourth-order valence-electron chi connectivity index (χ4n) is 2.25. The Morgan fingerprint density at radius 1 is 1.35 bits per heavy atom. The molecule has 0 saturated heterocycles. The largest absolute Gasteiger partial charge is 0.306 e. The van der Waals surface area contributed by atoms with E-state index in [4.69, 9.17) is 0 Å². The number of nitrogens with zero attached hydrogens (tertiary/aromatic N) is 3. The molecule has 0 aliphatic rings. The van der Waals surface area contributed by atoms with Crippen LogP contribution in [-0.2, 0) is 0 Å². The van der Waals surface area contributed by atoms with Crippen LogP contribution in [0.2, 0.25) is 0 Å². The van der Waals surface area contributed by atoms with Gasteiger partial charge in [-0.2, -0.15) is 16.4 Å². The maximum absolute atomic E-state index is 4.41. The fourth-order valence-corrected chi connectivity index (χ4v) is 3.80. The summed E-state index contributed by atoms with van der Waals surface area (Å²) in [4.78, 5) is 4.21. The molecule has 1 N–H and O–H groups in total. The molecule has 0 radical (unpaired) electrons. The van der Waals surface area contributed by atoms with E-state index in [-0.39, 0.29) is 6.04 Å². The molecule has 3 rings (SSSR count). The van der Waals surface area contributed by atoms with Gasteiger partial charge in [0.1, 0.15) is 0 Å². The molecule has 6 heteroatoms. The Morgan fingerprint density at radius 2 is 2.25 bits per heavy atom. The van der Waals surface area contributed by atoms with Crippen LogP contribution in [0.25, 0.3) is 5.52 Å². The van der Waals surface area contributed by atoms with E-state index in [9.17, 15) is 0 Å². The second kappa shape index (κ2) is 6.03. The van der Waals surface area contributed by atoms with Crippen molar-refractivity contribution < 1.29 is 0 Å². The van der Waals surface area contributed by atoms with Gasteiger partial charge in [0.25, 0.3) is 0 Å². The van der Waals surface area contributed by atoms with Gasteiger partial charge in [0.15, 0.2) is 0 Å². The van der Waals surface area contributed by atoms with Gasteiger partial charge >= 0.3 is 0 Å². The van der Waals surface area contributed by atoms with Crippen LogP contribution in [0, 0.1) is 0 Å².